The highest BCUT2D eigenvalue weighted by atomic mass is 19.2. The molecule has 1 aliphatic rings. The summed E-state index contributed by atoms with van der Waals surface area (Å²) < 4.78 is 32.3. The van der Waals surface area contributed by atoms with E-state index in [1.54, 1.807) is 19.1 Å². The number of ether oxygens (including phenoxy) is 1. The lowest BCUT2D eigenvalue weighted by Crippen LogP contribution is -2.27. The zero-order valence-corrected chi connectivity index (χ0v) is 15.5. The lowest BCUT2D eigenvalue weighted by atomic mass is 9.92. The van der Waals surface area contributed by atoms with Crippen molar-refractivity contribution in [1.82, 2.24) is 15.4 Å². The maximum atomic E-state index is 13.9. The summed E-state index contributed by atoms with van der Waals surface area (Å²) in [5.74, 6) is -1.88. The second kappa shape index (κ2) is 7.13. The van der Waals surface area contributed by atoms with E-state index in [-0.39, 0.29) is 23.7 Å². The van der Waals surface area contributed by atoms with Crippen LogP contribution in [0, 0.1) is 18.6 Å². The molecule has 150 valence electrons. The van der Waals surface area contributed by atoms with Gasteiger partial charge in [0.15, 0.2) is 17.9 Å². The molecule has 1 atom stereocenters. The number of hydrogen-bond donors (Lipinski definition) is 4. The number of anilines is 1. The first-order chi connectivity index (χ1) is 13.9. The first-order valence-electron chi connectivity index (χ1n) is 8.82. The average molecular weight is 401 g/mol. The smallest absolute Gasteiger partial charge is 0.413 e. The quantitative estimate of drug-likeness (QED) is 0.539. The molecular formula is C19H17F2N5O3. The first kappa shape index (κ1) is 18.8. The molecule has 0 aliphatic carbocycles. The number of aliphatic hydroxyl groups is 1. The number of carbonyl (C=O) groups excluding carboxylic acids is 1. The third-order valence-corrected chi connectivity index (χ3v) is 4.52. The van der Waals surface area contributed by atoms with Crippen LogP contribution in [0.15, 0.2) is 29.4 Å². The van der Waals surface area contributed by atoms with Crippen molar-refractivity contribution in [3.05, 3.63) is 58.2 Å². The summed E-state index contributed by atoms with van der Waals surface area (Å²) in [6.07, 6.45) is -1.89. The summed E-state index contributed by atoms with van der Waals surface area (Å²) >= 11 is 0. The van der Waals surface area contributed by atoms with Crippen molar-refractivity contribution in [1.29, 1.82) is 0 Å². The van der Waals surface area contributed by atoms with Crippen LogP contribution in [0.1, 0.15) is 35.4 Å². The van der Waals surface area contributed by atoms with Gasteiger partial charge in [-0.25, -0.2) is 18.6 Å². The third-order valence-electron chi connectivity index (χ3n) is 4.52. The average Bonchev–Trinajstić information content (AvgIpc) is 3.04. The second-order valence-electron chi connectivity index (χ2n) is 6.46. The van der Waals surface area contributed by atoms with Gasteiger partial charge in [-0.3, -0.25) is 10.7 Å². The minimum absolute atomic E-state index is 0.181. The number of benzene rings is 2. The number of carbonyl (C=O) groups is 1. The van der Waals surface area contributed by atoms with Gasteiger partial charge in [0.1, 0.15) is 0 Å². The van der Waals surface area contributed by atoms with Crippen LogP contribution in [0.3, 0.4) is 0 Å². The van der Waals surface area contributed by atoms with Crippen molar-refractivity contribution in [2.24, 2.45) is 5.10 Å². The van der Waals surface area contributed by atoms with Crippen molar-refractivity contribution in [2.75, 3.05) is 11.9 Å². The van der Waals surface area contributed by atoms with E-state index < -0.39 is 24.0 Å². The standard InChI is InChI=1S/C19H17F2N5O3/c1-3-29-19(28)24-18-22-14-4-8(2)9(7-15(14)23-18)16-10-5-12(20)13(21)6-11(10)17(27)26-25-16/h4-7,17,26-27H,3H2,1-2H3,(H2,22,23,24,28). The van der Waals surface area contributed by atoms with E-state index in [4.69, 9.17) is 4.74 Å². The largest absolute Gasteiger partial charge is 0.450 e. The van der Waals surface area contributed by atoms with Crippen LogP contribution >= 0.6 is 0 Å². The van der Waals surface area contributed by atoms with Gasteiger partial charge in [-0.2, -0.15) is 5.10 Å². The Balaban J connectivity index is 1.78. The Morgan fingerprint density at radius 3 is 2.76 bits per heavy atom. The molecule has 1 aliphatic heterocycles. The predicted molar refractivity (Wildman–Crippen MR) is 102 cm³/mol. The zero-order chi connectivity index (χ0) is 20.7. The number of halogens is 2. The van der Waals surface area contributed by atoms with Gasteiger partial charge >= 0.3 is 6.09 Å². The fourth-order valence-corrected chi connectivity index (χ4v) is 3.20. The highest BCUT2D eigenvalue weighted by molar-refractivity contribution is 6.16. The summed E-state index contributed by atoms with van der Waals surface area (Å²) in [5.41, 5.74) is 5.87. The molecule has 8 nitrogen and oxygen atoms in total. The Labute approximate surface area is 163 Å². The highest BCUT2D eigenvalue weighted by Crippen LogP contribution is 2.29. The number of rotatable bonds is 3. The number of fused-ring (bicyclic) bond motifs is 2. The fraction of sp³-hybridized carbons (Fsp3) is 0.211. The third kappa shape index (κ3) is 3.38. The molecular weight excluding hydrogens is 384 g/mol. The minimum atomic E-state index is -1.25. The van der Waals surface area contributed by atoms with Crippen LogP contribution in [0.5, 0.6) is 0 Å². The topological polar surface area (TPSA) is 112 Å². The number of nitrogens with zero attached hydrogens (tertiary/aromatic N) is 2. The number of aromatic nitrogens is 2. The van der Waals surface area contributed by atoms with Crippen molar-refractivity contribution >= 4 is 28.8 Å². The molecule has 1 unspecified atom stereocenters. The maximum Gasteiger partial charge on any atom is 0.413 e. The number of hydrazone groups is 1. The number of H-pyrrole nitrogens is 1. The zero-order valence-electron chi connectivity index (χ0n) is 15.5. The van der Waals surface area contributed by atoms with Crippen molar-refractivity contribution in [3.8, 4) is 0 Å². The second-order valence-corrected chi connectivity index (χ2v) is 6.46. The molecule has 0 bridgehead atoms. The van der Waals surface area contributed by atoms with E-state index in [0.717, 1.165) is 17.7 Å². The van der Waals surface area contributed by atoms with Crippen molar-refractivity contribution in [3.63, 3.8) is 0 Å². The normalized spacial score (nSPS) is 15.5. The van der Waals surface area contributed by atoms with Crippen molar-refractivity contribution < 1.29 is 23.4 Å². The van der Waals surface area contributed by atoms with E-state index in [2.05, 4.69) is 25.8 Å². The number of hydrogen-bond acceptors (Lipinski definition) is 6. The van der Waals surface area contributed by atoms with Gasteiger partial charge in [0.05, 0.1) is 23.4 Å². The Kier molecular flexibility index (Phi) is 4.63. The number of aliphatic hydroxyl groups excluding tert-OH is 1. The molecule has 2 heterocycles. The van der Waals surface area contributed by atoms with Crippen LogP contribution in [0.2, 0.25) is 0 Å². The van der Waals surface area contributed by atoms with Crippen LogP contribution in [-0.4, -0.2) is 33.5 Å². The van der Waals surface area contributed by atoms with Crippen LogP contribution in [0.25, 0.3) is 11.0 Å². The van der Waals surface area contributed by atoms with Gasteiger partial charge in [0.25, 0.3) is 0 Å². The molecule has 0 fully saturated rings. The van der Waals surface area contributed by atoms with Gasteiger partial charge in [-0.15, -0.1) is 0 Å². The van der Waals surface area contributed by atoms with E-state index in [9.17, 15) is 18.7 Å². The van der Waals surface area contributed by atoms with E-state index >= 15 is 0 Å². The van der Waals surface area contributed by atoms with Crippen LogP contribution < -0.4 is 10.7 Å². The summed E-state index contributed by atoms with van der Waals surface area (Å²) in [7, 11) is 0. The molecule has 29 heavy (non-hydrogen) atoms. The SMILES string of the molecule is CCOC(=O)Nc1nc2cc(C3=NNC(O)c4cc(F)c(F)cc43)c(C)cc2[nH]1. The molecule has 3 aromatic rings. The van der Waals surface area contributed by atoms with Crippen molar-refractivity contribution in [2.45, 2.75) is 20.1 Å². The summed E-state index contributed by atoms with van der Waals surface area (Å²) in [6.45, 7) is 3.74. The van der Waals surface area contributed by atoms with E-state index in [1.165, 1.54) is 0 Å². The van der Waals surface area contributed by atoms with Gasteiger partial charge in [0.2, 0.25) is 5.95 Å². The first-order valence-corrected chi connectivity index (χ1v) is 8.82. The summed E-state index contributed by atoms with van der Waals surface area (Å²) in [5, 5.41) is 16.7. The number of nitrogens with one attached hydrogen (secondary N) is 3. The number of amides is 1. The number of aryl methyl sites for hydroxylation is 1. The molecule has 0 spiro atoms. The molecule has 0 saturated heterocycles. The predicted octanol–water partition coefficient (Wildman–Crippen LogP) is 3.06. The lowest BCUT2D eigenvalue weighted by molar-refractivity contribution is 0.138. The molecule has 0 radical (unpaired) electrons. The molecule has 4 rings (SSSR count). The summed E-state index contributed by atoms with van der Waals surface area (Å²) in [4.78, 5) is 18.9. The molecule has 4 N–H and O–H groups in total. The molecule has 10 heteroatoms. The maximum absolute atomic E-state index is 13.9. The monoisotopic (exact) mass is 401 g/mol. The number of imidazole rings is 1. The summed E-state index contributed by atoms with van der Waals surface area (Å²) in [6, 6.07) is 5.46. The van der Waals surface area contributed by atoms with Gasteiger partial charge in [0, 0.05) is 16.7 Å². The van der Waals surface area contributed by atoms with E-state index in [1.807, 2.05) is 6.92 Å². The Morgan fingerprint density at radius 2 is 2.00 bits per heavy atom. The molecule has 1 aromatic heterocycles. The van der Waals surface area contributed by atoms with E-state index in [0.29, 0.717) is 22.3 Å². The van der Waals surface area contributed by atoms with Gasteiger partial charge in [-0.05, 0) is 43.7 Å². The minimum Gasteiger partial charge on any atom is -0.450 e. The fourth-order valence-electron chi connectivity index (χ4n) is 3.20. The van der Waals surface area contributed by atoms with Gasteiger partial charge in [-0.1, -0.05) is 0 Å². The van der Waals surface area contributed by atoms with Crippen LogP contribution in [0.4, 0.5) is 19.5 Å². The Hall–Kier alpha value is -3.53. The molecule has 0 saturated carbocycles. The molecule has 2 aromatic carbocycles. The molecule has 1 amide bonds. The number of aromatic amines is 1. The van der Waals surface area contributed by atoms with Crippen LogP contribution in [-0.2, 0) is 4.74 Å². The highest BCUT2D eigenvalue weighted by Gasteiger charge is 2.26. The lowest BCUT2D eigenvalue weighted by Gasteiger charge is -2.23. The Bertz CT molecular complexity index is 1160. The Morgan fingerprint density at radius 1 is 1.24 bits per heavy atom. The van der Waals surface area contributed by atoms with Gasteiger partial charge < -0.3 is 14.8 Å².